The summed E-state index contributed by atoms with van der Waals surface area (Å²) in [6, 6.07) is 0. The molecule has 0 aromatic heterocycles. The molecular weight excluding hydrogens is 202 g/mol. The number of nitrogens with zero attached hydrogens (tertiary/aromatic N) is 1. The molecule has 0 N–H and O–H groups in total. The number of hydrogen-bond acceptors (Lipinski definition) is 2. The second-order valence-corrected chi connectivity index (χ2v) is 8.41. The molecule has 0 aliphatic carbocycles. The van der Waals surface area contributed by atoms with Gasteiger partial charge in [-0.05, 0) is 32.1 Å². The van der Waals surface area contributed by atoms with Crippen molar-refractivity contribution in [2.75, 3.05) is 0 Å². The van der Waals surface area contributed by atoms with Crippen molar-refractivity contribution in [3.8, 4) is 0 Å². The number of hydrogen-bond donors (Lipinski definition) is 0. The van der Waals surface area contributed by atoms with E-state index in [1.54, 1.807) is 6.21 Å². The predicted octanol–water partition coefficient (Wildman–Crippen LogP) is 3.52. The Morgan fingerprint density at radius 2 is 2.00 bits per heavy atom. The largest absolute Gasteiger partial charge is 0.531 e. The Bertz CT molecular complexity index is 240. The maximum Gasteiger partial charge on any atom is 0.244 e. The quantitative estimate of drug-likeness (QED) is 0.401. The number of aliphatic imine (C=N–C) groups is 1. The molecule has 0 saturated carbocycles. The van der Waals surface area contributed by atoms with E-state index in [1.807, 2.05) is 6.92 Å². The second kappa shape index (κ2) is 5.24. The molecule has 0 rings (SSSR count). The molecule has 0 fully saturated rings. The van der Waals surface area contributed by atoms with Crippen LogP contribution in [0.5, 0.6) is 0 Å². The maximum absolute atomic E-state index is 5.57. The highest BCUT2D eigenvalue weighted by molar-refractivity contribution is 6.70. The minimum atomic E-state index is -1.61. The van der Waals surface area contributed by atoms with Gasteiger partial charge in [0.2, 0.25) is 14.2 Å². The number of halogens is 1. The number of rotatable bonds is 4. The van der Waals surface area contributed by atoms with E-state index in [0.29, 0.717) is 5.88 Å². The van der Waals surface area contributed by atoms with Crippen LogP contribution in [0.4, 0.5) is 0 Å². The highest BCUT2D eigenvalue weighted by atomic mass is 35.5. The molecule has 0 atom stereocenters. The minimum absolute atomic E-state index is 0.462. The van der Waals surface area contributed by atoms with E-state index in [0.717, 1.165) is 5.57 Å². The summed E-state index contributed by atoms with van der Waals surface area (Å²) in [6.07, 6.45) is 1.63. The molecule has 0 aromatic rings. The fourth-order valence-electron chi connectivity index (χ4n) is 0.564. The average molecular weight is 218 g/mol. The van der Waals surface area contributed by atoms with E-state index in [9.17, 15) is 0 Å². The van der Waals surface area contributed by atoms with Crippen LogP contribution in [-0.4, -0.2) is 14.5 Å². The first-order chi connectivity index (χ1) is 5.85. The van der Waals surface area contributed by atoms with Gasteiger partial charge in [0.25, 0.3) is 0 Å². The van der Waals surface area contributed by atoms with E-state index < -0.39 is 8.32 Å². The summed E-state index contributed by atoms with van der Waals surface area (Å²) < 4.78 is 5.57. The molecule has 0 amide bonds. The number of allylic oxidation sites excluding steroid dienone is 1. The highest BCUT2D eigenvalue weighted by Gasteiger charge is 2.16. The van der Waals surface area contributed by atoms with Crippen molar-refractivity contribution in [3.63, 3.8) is 0 Å². The lowest BCUT2D eigenvalue weighted by atomic mass is 10.4. The standard InChI is InChI=1S/C9H16ClNOSi/c1-8(2)7-11-9(6-10)12-13(3,4)5/h6-7H,1H2,2-5H3. The second-order valence-electron chi connectivity index (χ2n) is 3.77. The van der Waals surface area contributed by atoms with E-state index in [2.05, 4.69) is 31.2 Å². The molecule has 0 bridgehead atoms. The van der Waals surface area contributed by atoms with Crippen LogP contribution >= 0.6 is 11.6 Å². The van der Waals surface area contributed by atoms with Gasteiger partial charge in [-0.15, -0.1) is 0 Å². The van der Waals surface area contributed by atoms with Gasteiger partial charge >= 0.3 is 0 Å². The van der Waals surface area contributed by atoms with E-state index >= 15 is 0 Å². The summed E-state index contributed by atoms with van der Waals surface area (Å²) in [5.41, 5.74) is 2.22. The Morgan fingerprint density at radius 1 is 1.46 bits per heavy atom. The van der Waals surface area contributed by atoms with Crippen LogP contribution in [0.25, 0.3) is 0 Å². The average Bonchev–Trinajstić information content (AvgIpc) is 1.95. The van der Waals surface area contributed by atoms with Crippen molar-refractivity contribution in [2.45, 2.75) is 26.6 Å². The summed E-state index contributed by atoms with van der Waals surface area (Å²) in [7, 11) is -1.61. The highest BCUT2D eigenvalue weighted by Crippen LogP contribution is 2.12. The topological polar surface area (TPSA) is 21.6 Å². The van der Waals surface area contributed by atoms with Gasteiger partial charge < -0.3 is 4.43 Å². The summed E-state index contributed by atoms with van der Waals surface area (Å²) in [5.74, 6) is 0.462. The molecule has 0 heterocycles. The fraction of sp³-hybridized carbons (Fsp3) is 0.444. The van der Waals surface area contributed by atoms with E-state index in [1.165, 1.54) is 5.54 Å². The molecule has 0 aliphatic rings. The van der Waals surface area contributed by atoms with Crippen molar-refractivity contribution in [1.29, 1.82) is 0 Å². The summed E-state index contributed by atoms with van der Waals surface area (Å²) >= 11 is 5.55. The lowest BCUT2D eigenvalue weighted by Crippen LogP contribution is -2.24. The van der Waals surface area contributed by atoms with Crippen molar-refractivity contribution < 1.29 is 4.43 Å². The first-order valence-electron chi connectivity index (χ1n) is 4.04. The Morgan fingerprint density at radius 3 is 2.31 bits per heavy atom. The van der Waals surface area contributed by atoms with Crippen LogP contribution in [0.1, 0.15) is 6.92 Å². The van der Waals surface area contributed by atoms with Gasteiger partial charge in [-0.1, -0.05) is 18.2 Å². The third kappa shape index (κ3) is 7.81. The van der Waals surface area contributed by atoms with Crippen LogP contribution in [0.2, 0.25) is 19.6 Å². The first kappa shape index (κ1) is 12.5. The molecule has 4 heteroatoms. The molecule has 74 valence electrons. The van der Waals surface area contributed by atoms with Crippen molar-refractivity contribution >= 4 is 26.1 Å². The van der Waals surface area contributed by atoms with Gasteiger partial charge in [0, 0.05) is 6.21 Å². The zero-order chi connectivity index (χ0) is 10.5. The molecule has 2 nitrogen and oxygen atoms in total. The van der Waals surface area contributed by atoms with E-state index in [4.69, 9.17) is 16.0 Å². The lowest BCUT2D eigenvalue weighted by molar-refractivity contribution is 0.419. The van der Waals surface area contributed by atoms with Crippen LogP contribution in [-0.2, 0) is 4.43 Å². The maximum atomic E-state index is 5.57. The van der Waals surface area contributed by atoms with Gasteiger partial charge in [-0.25, -0.2) is 4.99 Å². The van der Waals surface area contributed by atoms with Gasteiger partial charge in [0.05, 0.1) is 5.54 Å². The molecule has 0 unspecified atom stereocenters. The zero-order valence-corrected chi connectivity index (χ0v) is 10.4. The molecule has 13 heavy (non-hydrogen) atoms. The van der Waals surface area contributed by atoms with Crippen molar-refractivity contribution in [2.24, 2.45) is 4.99 Å². The molecule has 0 radical (unpaired) electrons. The third-order valence-electron chi connectivity index (χ3n) is 0.916. The summed E-state index contributed by atoms with van der Waals surface area (Å²) in [4.78, 5) is 4.04. The predicted molar refractivity (Wildman–Crippen MR) is 61.7 cm³/mol. The van der Waals surface area contributed by atoms with Gasteiger partial charge in [0.15, 0.2) is 0 Å². The van der Waals surface area contributed by atoms with E-state index in [-0.39, 0.29) is 0 Å². The minimum Gasteiger partial charge on any atom is -0.531 e. The fourth-order valence-corrected chi connectivity index (χ4v) is 1.48. The normalized spacial score (nSPS) is 13.5. The van der Waals surface area contributed by atoms with Crippen LogP contribution in [0, 0.1) is 0 Å². The van der Waals surface area contributed by atoms with Crippen LogP contribution < -0.4 is 0 Å². The lowest BCUT2D eigenvalue weighted by Gasteiger charge is -2.18. The first-order valence-corrected chi connectivity index (χ1v) is 7.88. The van der Waals surface area contributed by atoms with Crippen molar-refractivity contribution in [3.05, 3.63) is 23.6 Å². The summed E-state index contributed by atoms with van der Waals surface area (Å²) in [5, 5.41) is 0. The zero-order valence-electron chi connectivity index (χ0n) is 8.60. The molecule has 0 aliphatic heterocycles. The Hall–Kier alpha value is -0.543. The van der Waals surface area contributed by atoms with Crippen LogP contribution in [0.3, 0.4) is 0 Å². The third-order valence-corrected chi connectivity index (χ3v) is 1.92. The molecule has 0 aromatic carbocycles. The SMILES string of the molecule is C=C(C)C=NC(=CCl)O[Si](C)(C)C. The summed E-state index contributed by atoms with van der Waals surface area (Å²) in [6.45, 7) is 11.8. The Labute approximate surface area is 86.1 Å². The smallest absolute Gasteiger partial charge is 0.244 e. The molecular formula is C9H16ClNOSi. The van der Waals surface area contributed by atoms with Gasteiger partial charge in [-0.3, -0.25) is 0 Å². The Kier molecular flexibility index (Phi) is 5.02. The van der Waals surface area contributed by atoms with Crippen LogP contribution in [0.15, 0.2) is 28.6 Å². The van der Waals surface area contributed by atoms with Crippen molar-refractivity contribution in [1.82, 2.24) is 0 Å². The van der Waals surface area contributed by atoms with Gasteiger partial charge in [0.1, 0.15) is 0 Å². The monoisotopic (exact) mass is 217 g/mol. The molecule has 0 saturated heterocycles. The Balaban J connectivity index is 4.31. The molecule has 0 spiro atoms. The van der Waals surface area contributed by atoms with Gasteiger partial charge in [-0.2, -0.15) is 0 Å².